The molecule has 1 N–H and O–H groups in total. The molecule has 2 aliphatic heterocycles. The zero-order valence-electron chi connectivity index (χ0n) is 7.09. The highest BCUT2D eigenvalue weighted by molar-refractivity contribution is 8.05. The van der Waals surface area contributed by atoms with E-state index in [1.54, 1.807) is 0 Å². The van der Waals surface area contributed by atoms with Gasteiger partial charge in [-0.25, -0.2) is 0 Å². The predicted octanol–water partition coefficient (Wildman–Crippen LogP) is 1.93. The SMILES string of the molecule is CC1CNC2(CCSC2C)S1. The van der Waals surface area contributed by atoms with Crippen molar-refractivity contribution in [2.24, 2.45) is 0 Å². The Labute approximate surface area is 77.1 Å². The molecule has 3 heteroatoms. The first-order valence-corrected chi connectivity index (χ1v) is 6.20. The van der Waals surface area contributed by atoms with E-state index in [1.807, 2.05) is 0 Å². The molecule has 2 fully saturated rings. The van der Waals surface area contributed by atoms with Crippen molar-refractivity contribution in [3.8, 4) is 0 Å². The van der Waals surface area contributed by atoms with E-state index in [9.17, 15) is 0 Å². The molecule has 0 saturated carbocycles. The van der Waals surface area contributed by atoms with Crippen molar-refractivity contribution in [2.75, 3.05) is 12.3 Å². The molecule has 2 rings (SSSR count). The van der Waals surface area contributed by atoms with Crippen LogP contribution in [0.2, 0.25) is 0 Å². The molecular formula is C8H15NS2. The molecule has 2 saturated heterocycles. The molecule has 0 aromatic rings. The van der Waals surface area contributed by atoms with E-state index in [0.29, 0.717) is 4.87 Å². The molecule has 0 aromatic heterocycles. The zero-order valence-corrected chi connectivity index (χ0v) is 8.73. The highest BCUT2D eigenvalue weighted by Crippen LogP contribution is 2.47. The van der Waals surface area contributed by atoms with Gasteiger partial charge in [-0.3, -0.25) is 0 Å². The van der Waals surface area contributed by atoms with Crippen molar-refractivity contribution in [2.45, 2.75) is 35.6 Å². The van der Waals surface area contributed by atoms with Crippen LogP contribution in [0.3, 0.4) is 0 Å². The molecule has 3 atom stereocenters. The van der Waals surface area contributed by atoms with Crippen LogP contribution < -0.4 is 5.32 Å². The summed E-state index contributed by atoms with van der Waals surface area (Å²) in [5.41, 5.74) is 0. The Kier molecular flexibility index (Phi) is 2.15. The summed E-state index contributed by atoms with van der Waals surface area (Å²) >= 11 is 4.26. The smallest absolute Gasteiger partial charge is 0.0773 e. The summed E-state index contributed by atoms with van der Waals surface area (Å²) < 4.78 is 0. The summed E-state index contributed by atoms with van der Waals surface area (Å²) in [4.78, 5) is 0.448. The molecule has 11 heavy (non-hydrogen) atoms. The third-order valence-electron chi connectivity index (χ3n) is 2.60. The van der Waals surface area contributed by atoms with Gasteiger partial charge in [-0.05, 0) is 12.2 Å². The van der Waals surface area contributed by atoms with Gasteiger partial charge in [0.2, 0.25) is 0 Å². The summed E-state index contributed by atoms with van der Waals surface area (Å²) in [5.74, 6) is 1.34. The molecular weight excluding hydrogens is 174 g/mol. The van der Waals surface area contributed by atoms with Crippen LogP contribution >= 0.6 is 23.5 Å². The lowest BCUT2D eigenvalue weighted by Crippen LogP contribution is -2.41. The highest BCUT2D eigenvalue weighted by atomic mass is 32.2. The minimum atomic E-state index is 0.448. The molecule has 0 bridgehead atoms. The maximum atomic E-state index is 3.67. The second kappa shape index (κ2) is 2.86. The Morgan fingerprint density at radius 1 is 1.45 bits per heavy atom. The Bertz CT molecular complexity index is 162. The average Bonchev–Trinajstić information content (AvgIpc) is 2.46. The molecule has 64 valence electrons. The average molecular weight is 189 g/mol. The number of nitrogens with one attached hydrogen (secondary N) is 1. The van der Waals surface area contributed by atoms with E-state index < -0.39 is 0 Å². The standard InChI is InChI=1S/C8H15NS2/c1-6-5-9-8(11-6)3-4-10-7(8)2/h6-7,9H,3-5H2,1-2H3. The molecule has 2 aliphatic rings. The summed E-state index contributed by atoms with van der Waals surface area (Å²) in [6.45, 7) is 5.88. The van der Waals surface area contributed by atoms with Crippen LogP contribution in [0.4, 0.5) is 0 Å². The van der Waals surface area contributed by atoms with Gasteiger partial charge in [-0.15, -0.1) is 11.8 Å². The quantitative estimate of drug-likeness (QED) is 0.625. The van der Waals surface area contributed by atoms with Crippen molar-refractivity contribution in [1.29, 1.82) is 0 Å². The lowest BCUT2D eigenvalue weighted by atomic mass is 10.1. The topological polar surface area (TPSA) is 12.0 Å². The largest absolute Gasteiger partial charge is 0.301 e. The third-order valence-corrected chi connectivity index (χ3v) is 5.78. The summed E-state index contributed by atoms with van der Waals surface area (Å²) in [5, 5.41) is 5.29. The Morgan fingerprint density at radius 3 is 2.73 bits per heavy atom. The van der Waals surface area contributed by atoms with E-state index in [0.717, 1.165) is 10.5 Å². The van der Waals surface area contributed by atoms with E-state index in [4.69, 9.17) is 0 Å². The first-order chi connectivity index (χ1) is 5.23. The van der Waals surface area contributed by atoms with E-state index in [-0.39, 0.29) is 0 Å². The lowest BCUT2D eigenvalue weighted by Gasteiger charge is -2.27. The van der Waals surface area contributed by atoms with Crippen molar-refractivity contribution in [3.63, 3.8) is 0 Å². The van der Waals surface area contributed by atoms with E-state index in [2.05, 4.69) is 42.7 Å². The number of hydrogen-bond acceptors (Lipinski definition) is 3. The van der Waals surface area contributed by atoms with Gasteiger partial charge < -0.3 is 5.32 Å². The van der Waals surface area contributed by atoms with Crippen molar-refractivity contribution in [3.05, 3.63) is 0 Å². The molecule has 0 aliphatic carbocycles. The van der Waals surface area contributed by atoms with Crippen LogP contribution in [0.1, 0.15) is 20.3 Å². The van der Waals surface area contributed by atoms with Gasteiger partial charge in [-0.1, -0.05) is 13.8 Å². The molecule has 2 heterocycles. The van der Waals surface area contributed by atoms with Gasteiger partial charge in [0.1, 0.15) is 0 Å². The minimum Gasteiger partial charge on any atom is -0.301 e. The molecule has 0 amide bonds. The monoisotopic (exact) mass is 189 g/mol. The van der Waals surface area contributed by atoms with Gasteiger partial charge in [0.15, 0.2) is 0 Å². The first-order valence-electron chi connectivity index (χ1n) is 4.27. The second-order valence-corrected chi connectivity index (χ2v) is 6.68. The fourth-order valence-corrected chi connectivity index (χ4v) is 5.10. The lowest BCUT2D eigenvalue weighted by molar-refractivity contribution is 0.499. The normalized spacial score (nSPS) is 50.7. The predicted molar refractivity (Wildman–Crippen MR) is 54.3 cm³/mol. The maximum absolute atomic E-state index is 3.67. The van der Waals surface area contributed by atoms with E-state index in [1.165, 1.54) is 18.7 Å². The van der Waals surface area contributed by atoms with Gasteiger partial charge in [-0.2, -0.15) is 11.8 Å². The number of hydrogen-bond donors (Lipinski definition) is 1. The Morgan fingerprint density at radius 2 is 2.27 bits per heavy atom. The van der Waals surface area contributed by atoms with E-state index >= 15 is 0 Å². The summed E-state index contributed by atoms with van der Waals surface area (Å²) in [6, 6.07) is 0. The Balaban J connectivity index is 2.10. The zero-order chi connectivity index (χ0) is 7.90. The van der Waals surface area contributed by atoms with Crippen LogP contribution in [-0.2, 0) is 0 Å². The Hall–Kier alpha value is 0.660. The van der Waals surface area contributed by atoms with Crippen molar-refractivity contribution >= 4 is 23.5 Å². The van der Waals surface area contributed by atoms with Crippen LogP contribution in [0, 0.1) is 0 Å². The first kappa shape index (κ1) is 8.27. The molecule has 1 nitrogen and oxygen atoms in total. The van der Waals surface area contributed by atoms with Gasteiger partial charge in [0.25, 0.3) is 0 Å². The molecule has 3 unspecified atom stereocenters. The highest BCUT2D eigenvalue weighted by Gasteiger charge is 2.45. The third kappa shape index (κ3) is 1.31. The van der Waals surface area contributed by atoms with Crippen LogP contribution in [0.15, 0.2) is 0 Å². The van der Waals surface area contributed by atoms with Gasteiger partial charge in [0.05, 0.1) is 4.87 Å². The van der Waals surface area contributed by atoms with Crippen LogP contribution in [-0.4, -0.2) is 27.7 Å². The van der Waals surface area contributed by atoms with Crippen LogP contribution in [0.25, 0.3) is 0 Å². The van der Waals surface area contributed by atoms with Crippen molar-refractivity contribution in [1.82, 2.24) is 5.32 Å². The molecule has 1 spiro atoms. The number of thioether (sulfide) groups is 2. The van der Waals surface area contributed by atoms with Gasteiger partial charge >= 0.3 is 0 Å². The second-order valence-electron chi connectivity index (χ2n) is 3.46. The molecule has 0 radical (unpaired) electrons. The summed E-state index contributed by atoms with van der Waals surface area (Å²) in [6.07, 6.45) is 1.36. The minimum absolute atomic E-state index is 0.448. The van der Waals surface area contributed by atoms with Gasteiger partial charge in [0, 0.05) is 17.0 Å². The number of rotatable bonds is 0. The molecule has 0 aromatic carbocycles. The fourth-order valence-electron chi connectivity index (χ4n) is 1.87. The summed E-state index contributed by atoms with van der Waals surface area (Å²) in [7, 11) is 0. The van der Waals surface area contributed by atoms with Crippen molar-refractivity contribution < 1.29 is 0 Å². The maximum Gasteiger partial charge on any atom is 0.0773 e. The fraction of sp³-hybridized carbons (Fsp3) is 1.00. The van der Waals surface area contributed by atoms with Crippen LogP contribution in [0.5, 0.6) is 0 Å².